The Balaban J connectivity index is 1.42. The molecular formula is C30H33F4N9O2. The summed E-state index contributed by atoms with van der Waals surface area (Å²) in [6.45, 7) is 8.24. The number of morpholine rings is 1. The monoisotopic (exact) mass is 627 g/mol. The fourth-order valence-corrected chi connectivity index (χ4v) is 4.92. The van der Waals surface area contributed by atoms with Gasteiger partial charge in [-0.1, -0.05) is 6.58 Å². The van der Waals surface area contributed by atoms with Gasteiger partial charge in [-0.25, -0.2) is 19.4 Å². The summed E-state index contributed by atoms with van der Waals surface area (Å²) in [5.41, 5.74) is 5.94. The lowest BCUT2D eigenvalue weighted by atomic mass is 10.1. The number of carbonyl (C=O) groups is 1. The Morgan fingerprint density at radius 2 is 1.80 bits per heavy atom. The molecule has 1 aromatic heterocycles. The number of piperazine rings is 1. The third-order valence-corrected chi connectivity index (χ3v) is 7.39. The Morgan fingerprint density at radius 3 is 2.49 bits per heavy atom. The summed E-state index contributed by atoms with van der Waals surface area (Å²) < 4.78 is 61.6. The quantitative estimate of drug-likeness (QED) is 0.193. The summed E-state index contributed by atoms with van der Waals surface area (Å²) >= 11 is 0. The van der Waals surface area contributed by atoms with E-state index >= 15 is 0 Å². The molecule has 0 aliphatic carbocycles. The van der Waals surface area contributed by atoms with E-state index in [4.69, 9.17) is 10.5 Å². The summed E-state index contributed by atoms with van der Waals surface area (Å²) in [5.74, 6) is -1.31. The lowest BCUT2D eigenvalue weighted by Crippen LogP contribution is -2.44. The minimum absolute atomic E-state index is 0.0392. The number of rotatable bonds is 8. The van der Waals surface area contributed by atoms with Crippen molar-refractivity contribution in [1.82, 2.24) is 14.9 Å². The highest BCUT2D eigenvalue weighted by atomic mass is 19.4. The molecule has 0 bridgehead atoms. The topological polar surface area (TPSA) is 124 Å². The number of nitrogens with zero attached hydrogens (tertiary/aromatic N) is 6. The molecule has 0 radical (unpaired) electrons. The summed E-state index contributed by atoms with van der Waals surface area (Å²) in [4.78, 5) is 32.1. The molecular weight excluding hydrogens is 594 g/mol. The Bertz CT molecular complexity index is 1580. The van der Waals surface area contributed by atoms with E-state index in [-0.39, 0.29) is 28.5 Å². The molecule has 0 atom stereocenters. The minimum atomic E-state index is -4.63. The van der Waals surface area contributed by atoms with Crippen LogP contribution < -0.4 is 26.2 Å². The zero-order valence-corrected chi connectivity index (χ0v) is 24.6. The van der Waals surface area contributed by atoms with Gasteiger partial charge >= 0.3 is 6.18 Å². The minimum Gasteiger partial charge on any atom is -0.382 e. The summed E-state index contributed by atoms with van der Waals surface area (Å²) in [5, 5.41) is 5.41. The molecule has 2 fully saturated rings. The van der Waals surface area contributed by atoms with E-state index in [1.165, 1.54) is 24.5 Å². The third-order valence-electron chi connectivity index (χ3n) is 7.39. The van der Waals surface area contributed by atoms with Crippen LogP contribution in [-0.2, 0) is 10.9 Å². The predicted molar refractivity (Wildman–Crippen MR) is 165 cm³/mol. The Kier molecular flexibility index (Phi) is 9.48. The van der Waals surface area contributed by atoms with Gasteiger partial charge in [0.15, 0.2) is 5.84 Å². The third kappa shape index (κ3) is 7.67. The number of aromatic nitrogens is 2. The fourth-order valence-electron chi connectivity index (χ4n) is 4.92. The molecule has 238 valence electrons. The second-order valence-corrected chi connectivity index (χ2v) is 10.6. The van der Waals surface area contributed by atoms with Gasteiger partial charge in [0, 0.05) is 56.2 Å². The molecule has 5 rings (SSSR count). The molecule has 0 saturated carbocycles. The standard InChI is InChI=1S/C30H33F4N9O2/c1-3-36-25-18-37-29(43-10-12-45-13-11-43)40-26(25)27(35)39-24-14-19(4-5-23(24)31)28(44)38-21-15-20(30(32,33)34)16-22(17-21)42-8-6-41(2)7-9-42/h3-5,14-18,36H,1,6-13H2,2H3,(H2,35,39)(H,38,44). The second kappa shape index (κ2) is 13.5. The summed E-state index contributed by atoms with van der Waals surface area (Å²) in [6, 6.07) is 6.84. The highest BCUT2D eigenvalue weighted by Crippen LogP contribution is 2.35. The molecule has 3 aromatic rings. The van der Waals surface area contributed by atoms with Crippen LogP contribution in [0.15, 0.2) is 60.4 Å². The number of alkyl halides is 3. The van der Waals surface area contributed by atoms with Crippen molar-refractivity contribution in [1.29, 1.82) is 0 Å². The van der Waals surface area contributed by atoms with E-state index in [2.05, 4.69) is 37.1 Å². The van der Waals surface area contributed by atoms with Gasteiger partial charge in [0.2, 0.25) is 5.95 Å². The molecule has 2 saturated heterocycles. The molecule has 1 amide bonds. The molecule has 4 N–H and O–H groups in total. The summed E-state index contributed by atoms with van der Waals surface area (Å²) in [7, 11) is 1.94. The smallest absolute Gasteiger partial charge is 0.382 e. The van der Waals surface area contributed by atoms with E-state index in [0.29, 0.717) is 69.8 Å². The van der Waals surface area contributed by atoms with Gasteiger partial charge in [-0.3, -0.25) is 4.79 Å². The first-order valence-electron chi connectivity index (χ1n) is 14.2. The zero-order valence-electron chi connectivity index (χ0n) is 24.6. The number of nitrogens with two attached hydrogens (primary N) is 1. The maximum absolute atomic E-state index is 14.9. The van der Waals surface area contributed by atoms with Crippen molar-refractivity contribution in [2.24, 2.45) is 10.7 Å². The van der Waals surface area contributed by atoms with Gasteiger partial charge in [-0.2, -0.15) is 13.2 Å². The van der Waals surface area contributed by atoms with E-state index in [1.807, 2.05) is 16.8 Å². The number of halogens is 4. The van der Waals surface area contributed by atoms with E-state index < -0.39 is 23.5 Å². The molecule has 0 unspecified atom stereocenters. The molecule has 11 nitrogen and oxygen atoms in total. The normalized spacial score (nSPS) is 16.4. The largest absolute Gasteiger partial charge is 0.416 e. The Morgan fingerprint density at radius 1 is 1.07 bits per heavy atom. The van der Waals surface area contributed by atoms with Gasteiger partial charge in [0.25, 0.3) is 5.91 Å². The van der Waals surface area contributed by atoms with Crippen LogP contribution in [0.5, 0.6) is 0 Å². The van der Waals surface area contributed by atoms with Crippen LogP contribution in [0, 0.1) is 5.82 Å². The number of benzene rings is 2. The molecule has 3 heterocycles. The number of anilines is 4. The molecule has 2 aromatic carbocycles. The number of nitrogens with one attached hydrogen (secondary N) is 2. The van der Waals surface area contributed by atoms with Gasteiger partial charge in [0.05, 0.1) is 30.7 Å². The first-order valence-corrected chi connectivity index (χ1v) is 14.2. The highest BCUT2D eigenvalue weighted by molar-refractivity contribution is 6.06. The van der Waals surface area contributed by atoms with Gasteiger partial charge < -0.3 is 35.8 Å². The number of amides is 1. The van der Waals surface area contributed by atoms with Crippen molar-refractivity contribution in [2.75, 3.05) is 80.0 Å². The van der Waals surface area contributed by atoms with E-state index in [0.717, 1.165) is 24.3 Å². The second-order valence-electron chi connectivity index (χ2n) is 10.6. The molecule has 15 heteroatoms. The molecule has 2 aliphatic rings. The molecule has 45 heavy (non-hydrogen) atoms. The number of likely N-dealkylation sites (N-methyl/N-ethyl adjacent to an activating group) is 1. The van der Waals surface area contributed by atoms with Crippen LogP contribution in [0.4, 0.5) is 46.3 Å². The lowest BCUT2D eigenvalue weighted by Gasteiger charge is -2.34. The van der Waals surface area contributed by atoms with Crippen LogP contribution in [0.1, 0.15) is 21.6 Å². The van der Waals surface area contributed by atoms with E-state index in [1.54, 1.807) is 0 Å². The van der Waals surface area contributed by atoms with Gasteiger partial charge in [-0.15, -0.1) is 0 Å². The number of amidine groups is 1. The van der Waals surface area contributed by atoms with Crippen LogP contribution in [-0.4, -0.2) is 86.1 Å². The molecule has 0 spiro atoms. The first kappa shape index (κ1) is 31.7. The maximum atomic E-state index is 14.9. The average molecular weight is 628 g/mol. The number of hydrogen-bond acceptors (Lipinski definition) is 9. The Hall–Kier alpha value is -4.76. The van der Waals surface area contributed by atoms with Crippen LogP contribution in [0.3, 0.4) is 0 Å². The lowest BCUT2D eigenvalue weighted by molar-refractivity contribution is -0.137. The van der Waals surface area contributed by atoms with Crippen molar-refractivity contribution >= 4 is 40.4 Å². The Labute approximate surface area is 257 Å². The predicted octanol–water partition coefficient (Wildman–Crippen LogP) is 4.07. The van der Waals surface area contributed by atoms with Gasteiger partial charge in [-0.05, 0) is 49.6 Å². The first-order chi connectivity index (χ1) is 21.5. The zero-order chi connectivity index (χ0) is 32.1. The van der Waals surface area contributed by atoms with Gasteiger partial charge in [0.1, 0.15) is 17.2 Å². The highest BCUT2D eigenvalue weighted by Gasteiger charge is 2.32. The average Bonchev–Trinajstić information content (AvgIpc) is 3.02. The summed E-state index contributed by atoms with van der Waals surface area (Å²) in [6.07, 6.45) is -1.72. The van der Waals surface area contributed by atoms with Crippen LogP contribution in [0.25, 0.3) is 0 Å². The van der Waals surface area contributed by atoms with Crippen molar-refractivity contribution < 1.29 is 27.1 Å². The number of aliphatic imine (C=N–C) groups is 1. The van der Waals surface area contributed by atoms with E-state index in [9.17, 15) is 22.4 Å². The number of carbonyl (C=O) groups excluding carboxylic acids is 1. The van der Waals surface area contributed by atoms with Crippen molar-refractivity contribution in [3.63, 3.8) is 0 Å². The number of hydrogen-bond donors (Lipinski definition) is 3. The van der Waals surface area contributed by atoms with Crippen LogP contribution >= 0.6 is 0 Å². The SMILES string of the molecule is C=CNc1cnc(N2CCOCC2)nc1C(N)=Nc1cc(C(=O)Nc2cc(N3CCN(C)CC3)cc(C(F)(F)F)c2)ccc1F. The van der Waals surface area contributed by atoms with Crippen LogP contribution in [0.2, 0.25) is 0 Å². The van der Waals surface area contributed by atoms with Crippen molar-refractivity contribution in [3.05, 3.63) is 78.0 Å². The fraction of sp³-hybridized carbons (Fsp3) is 0.333. The maximum Gasteiger partial charge on any atom is 0.416 e. The number of ether oxygens (including phenoxy) is 1. The molecule has 2 aliphatic heterocycles. The van der Waals surface area contributed by atoms with Crippen molar-refractivity contribution in [3.8, 4) is 0 Å². The van der Waals surface area contributed by atoms with Crippen molar-refractivity contribution in [2.45, 2.75) is 6.18 Å².